The molecule has 9 rings (SSSR count). The molecule has 0 heterocycles. The summed E-state index contributed by atoms with van der Waals surface area (Å²) in [5.41, 5.74) is 10.6. The van der Waals surface area contributed by atoms with Crippen molar-refractivity contribution in [2.75, 3.05) is 13.2 Å². The number of hydrogen-bond acceptors (Lipinski definition) is 3. The summed E-state index contributed by atoms with van der Waals surface area (Å²) in [6.07, 6.45) is 24.1. The molecule has 3 heteroatoms. The van der Waals surface area contributed by atoms with E-state index >= 15 is 0 Å². The van der Waals surface area contributed by atoms with Crippen LogP contribution >= 0.6 is 0 Å². The molecule has 3 atom stereocenters. The summed E-state index contributed by atoms with van der Waals surface area (Å²) < 4.78 is 13.9. The average molecular weight is 647 g/mol. The molecule has 0 radical (unpaired) electrons. The van der Waals surface area contributed by atoms with Crippen LogP contribution < -0.4 is 9.96 Å². The number of hydrogen-bond donors (Lipinski definition) is 0. The van der Waals surface area contributed by atoms with Crippen molar-refractivity contribution in [1.82, 2.24) is 0 Å². The van der Waals surface area contributed by atoms with Gasteiger partial charge in [0.1, 0.15) is 11.5 Å². The number of ketones is 1. The topological polar surface area (TPSA) is 35.5 Å². The third-order valence-electron chi connectivity index (χ3n) is 11.9. The number of carbonyl (C=O) groups excluding carboxylic acids is 1. The van der Waals surface area contributed by atoms with Crippen molar-refractivity contribution in [3.8, 4) is 16.9 Å². The predicted molar refractivity (Wildman–Crippen MR) is 202 cm³/mol. The Labute approximate surface area is 290 Å². The van der Waals surface area contributed by atoms with E-state index < -0.39 is 0 Å². The number of benzene rings is 4. The van der Waals surface area contributed by atoms with Crippen molar-refractivity contribution in [3.63, 3.8) is 0 Å². The van der Waals surface area contributed by atoms with E-state index in [1.807, 2.05) is 6.08 Å². The highest BCUT2D eigenvalue weighted by Gasteiger charge is 2.47. The van der Waals surface area contributed by atoms with Crippen molar-refractivity contribution < 1.29 is 14.3 Å². The third kappa shape index (κ3) is 4.87. The van der Waals surface area contributed by atoms with Gasteiger partial charge in [0.05, 0.1) is 19.1 Å². The largest absolute Gasteiger partial charge is 0.493 e. The van der Waals surface area contributed by atoms with Gasteiger partial charge in [-0.15, -0.1) is 0 Å². The number of ether oxygens (including phenoxy) is 2. The molecule has 0 saturated heterocycles. The normalized spacial score (nSPS) is 21.0. The summed E-state index contributed by atoms with van der Waals surface area (Å²) in [5, 5.41) is 6.45. The van der Waals surface area contributed by atoms with Crippen LogP contribution in [0.25, 0.3) is 44.5 Å². The summed E-state index contributed by atoms with van der Waals surface area (Å²) in [4.78, 5) is 13.6. The van der Waals surface area contributed by atoms with Gasteiger partial charge in [0.15, 0.2) is 5.78 Å². The van der Waals surface area contributed by atoms with Gasteiger partial charge in [-0.2, -0.15) is 0 Å². The van der Waals surface area contributed by atoms with E-state index in [2.05, 4.69) is 80.6 Å². The van der Waals surface area contributed by atoms with Gasteiger partial charge < -0.3 is 9.47 Å². The van der Waals surface area contributed by atoms with Gasteiger partial charge in [0, 0.05) is 28.2 Å². The Balaban J connectivity index is 1.32. The summed E-state index contributed by atoms with van der Waals surface area (Å²) in [6.45, 7) is 5.89. The molecule has 3 unspecified atom stereocenters. The first-order valence-corrected chi connectivity index (χ1v) is 18.9. The Bertz CT molecular complexity index is 2190. The Morgan fingerprint density at radius 3 is 2.35 bits per heavy atom. The van der Waals surface area contributed by atoms with Gasteiger partial charge >= 0.3 is 0 Å². The maximum absolute atomic E-state index is 13.6. The molecule has 49 heavy (non-hydrogen) atoms. The van der Waals surface area contributed by atoms with E-state index in [9.17, 15) is 4.79 Å². The monoisotopic (exact) mass is 646 g/mol. The van der Waals surface area contributed by atoms with Crippen LogP contribution in [-0.4, -0.2) is 19.0 Å². The fraction of sp³-hybridized carbons (Fsp3) is 0.370. The second-order valence-corrected chi connectivity index (χ2v) is 14.8. The predicted octanol–water partition coefficient (Wildman–Crippen LogP) is 10.7. The first-order chi connectivity index (χ1) is 24.2. The van der Waals surface area contributed by atoms with Gasteiger partial charge in [-0.25, -0.2) is 0 Å². The molecule has 3 nitrogen and oxygen atoms in total. The number of fused-ring (bicyclic) bond motifs is 6. The highest BCUT2D eigenvalue weighted by atomic mass is 16.5. The molecule has 0 spiro atoms. The zero-order valence-electron chi connectivity index (χ0n) is 28.9. The maximum atomic E-state index is 13.6. The van der Waals surface area contributed by atoms with E-state index in [1.54, 1.807) is 6.08 Å². The summed E-state index contributed by atoms with van der Waals surface area (Å²) >= 11 is 0. The zero-order chi connectivity index (χ0) is 33.1. The standard InChI is InChI=1S/C46H46O3/c1-3-5-7-11-22-48-38-26-35-32-16-10-9-14-28(32)24-30-18-20-33-34-21-19-31-25-29-15-13-17-37(47)40(29)36-27-39(49-23-12-8-6-4-2)46(44(34)42(31)36)45(38)43(33)41(30)35/h9-10,13-21,26-27,36,40,42H,3-8,11-12,22-25H2,1-2H3. The van der Waals surface area contributed by atoms with Crippen LogP contribution in [0.15, 0.2) is 84.0 Å². The molecule has 0 amide bonds. The van der Waals surface area contributed by atoms with Crippen molar-refractivity contribution in [2.45, 2.75) is 84.0 Å². The van der Waals surface area contributed by atoms with Crippen molar-refractivity contribution in [2.24, 2.45) is 11.8 Å². The molecular weight excluding hydrogens is 601 g/mol. The molecule has 5 aliphatic rings. The van der Waals surface area contributed by atoms with Crippen molar-refractivity contribution >= 4 is 39.2 Å². The molecule has 5 aliphatic carbocycles. The molecule has 0 aliphatic heterocycles. The summed E-state index contributed by atoms with van der Waals surface area (Å²) in [5.74, 6) is 2.19. The molecule has 4 aromatic rings. The van der Waals surface area contributed by atoms with E-state index in [4.69, 9.17) is 9.47 Å². The fourth-order valence-electron chi connectivity index (χ4n) is 9.64. The van der Waals surface area contributed by atoms with Crippen LogP contribution in [0.5, 0.6) is 5.75 Å². The molecular formula is C46H46O3. The van der Waals surface area contributed by atoms with E-state index in [0.29, 0.717) is 13.2 Å². The van der Waals surface area contributed by atoms with Gasteiger partial charge in [0.25, 0.3) is 0 Å². The van der Waals surface area contributed by atoms with Gasteiger partial charge in [-0.1, -0.05) is 124 Å². The molecule has 4 aromatic carbocycles. The van der Waals surface area contributed by atoms with E-state index in [-0.39, 0.29) is 23.5 Å². The molecule has 1 saturated carbocycles. The lowest BCUT2D eigenvalue weighted by Crippen LogP contribution is -2.40. The molecule has 0 N–H and O–H groups in total. The first kappa shape index (κ1) is 30.7. The van der Waals surface area contributed by atoms with Crippen molar-refractivity contribution in [3.05, 3.63) is 111 Å². The Morgan fingerprint density at radius 1 is 0.714 bits per heavy atom. The van der Waals surface area contributed by atoms with Gasteiger partial charge in [-0.3, -0.25) is 4.79 Å². The second-order valence-electron chi connectivity index (χ2n) is 14.8. The maximum Gasteiger partial charge on any atom is 0.163 e. The van der Waals surface area contributed by atoms with Crippen LogP contribution in [0.4, 0.5) is 0 Å². The second kappa shape index (κ2) is 12.5. The number of rotatable bonds is 12. The minimum atomic E-state index is -0.137. The molecule has 1 fully saturated rings. The first-order valence-electron chi connectivity index (χ1n) is 18.9. The van der Waals surface area contributed by atoms with Crippen molar-refractivity contribution in [1.29, 1.82) is 0 Å². The van der Waals surface area contributed by atoms with Gasteiger partial charge in [0.2, 0.25) is 0 Å². The number of allylic oxidation sites excluding steroid dienone is 7. The smallest absolute Gasteiger partial charge is 0.163 e. The van der Waals surface area contributed by atoms with E-state index in [1.165, 1.54) is 103 Å². The zero-order valence-corrected chi connectivity index (χ0v) is 28.9. The molecule has 0 bridgehead atoms. The van der Waals surface area contributed by atoms with E-state index in [0.717, 1.165) is 43.6 Å². The van der Waals surface area contributed by atoms with Gasteiger partial charge in [-0.05, 0) is 87.7 Å². The highest BCUT2D eigenvalue weighted by molar-refractivity contribution is 6.22. The summed E-state index contributed by atoms with van der Waals surface area (Å²) in [6, 6.07) is 16.0. The lowest BCUT2D eigenvalue weighted by atomic mass is 9.58. The fourth-order valence-corrected chi connectivity index (χ4v) is 9.64. The minimum Gasteiger partial charge on any atom is -0.493 e. The number of carbonyl (C=O) groups is 1. The summed E-state index contributed by atoms with van der Waals surface area (Å²) in [7, 11) is 0. The third-order valence-corrected chi connectivity index (χ3v) is 11.9. The highest BCUT2D eigenvalue weighted by Crippen LogP contribution is 2.57. The lowest BCUT2D eigenvalue weighted by Gasteiger charge is -2.45. The lowest BCUT2D eigenvalue weighted by molar-refractivity contribution is -0.118. The van der Waals surface area contributed by atoms with Crippen LogP contribution in [0.1, 0.15) is 99.8 Å². The number of unbranched alkanes of at least 4 members (excludes halogenated alkanes) is 6. The minimum absolute atomic E-state index is 0.0385. The Hall–Kier alpha value is -4.37. The quantitative estimate of drug-likeness (QED) is 0.127. The SMILES string of the molecule is CCCCCCOC1=CC2C3C(=O)C=CC=C3CC3=CC=c4c(c1c1c(OCCCCCC)cc5c6c(ccc4c61)Cc1ccccc1-5)C32. The molecule has 248 valence electrons. The van der Waals surface area contributed by atoms with Crippen LogP contribution in [-0.2, 0) is 16.0 Å². The Morgan fingerprint density at radius 2 is 1.51 bits per heavy atom. The molecule has 0 aromatic heterocycles. The van der Waals surface area contributed by atoms with Crippen LogP contribution in [0.2, 0.25) is 0 Å². The average Bonchev–Trinajstić information content (AvgIpc) is 3.12. The van der Waals surface area contributed by atoms with Crippen LogP contribution in [0.3, 0.4) is 0 Å². The Kier molecular flexibility index (Phi) is 7.83. The van der Waals surface area contributed by atoms with Crippen LogP contribution in [0, 0.1) is 11.8 Å².